The minimum absolute atomic E-state index is 0.0286. The Bertz CT molecular complexity index is 1380. The molecular formula is C34H39ClF2N2O. The quantitative estimate of drug-likeness (QED) is 0.246. The van der Waals surface area contributed by atoms with Crippen LogP contribution in [0.5, 0.6) is 5.75 Å². The van der Waals surface area contributed by atoms with Gasteiger partial charge in [0.1, 0.15) is 12.4 Å². The number of hydrogen-bond acceptors (Lipinski definition) is 3. The van der Waals surface area contributed by atoms with E-state index in [1.807, 2.05) is 4.90 Å². The van der Waals surface area contributed by atoms with Gasteiger partial charge < -0.3 is 4.74 Å². The predicted molar refractivity (Wildman–Crippen MR) is 161 cm³/mol. The molecule has 5 rings (SSSR count). The Kier molecular flexibility index (Phi) is 8.94. The van der Waals surface area contributed by atoms with Gasteiger partial charge in [0, 0.05) is 26.1 Å². The molecule has 2 fully saturated rings. The van der Waals surface area contributed by atoms with Crippen LogP contribution < -0.4 is 4.74 Å². The lowest BCUT2D eigenvalue weighted by molar-refractivity contribution is 0.0124. The van der Waals surface area contributed by atoms with E-state index in [9.17, 15) is 8.78 Å². The van der Waals surface area contributed by atoms with E-state index in [-0.39, 0.29) is 13.0 Å². The van der Waals surface area contributed by atoms with Crippen molar-refractivity contribution in [2.75, 3.05) is 32.7 Å². The molecule has 212 valence electrons. The number of halogens is 3. The lowest BCUT2D eigenvalue weighted by atomic mass is 9.91. The SMILES string of the molecule is Cc1cc(OCc2cccc(-c3cccc(/C=C/CCN4CCC(F)(F)C4)c3C)c2C)c(Cl)cc1CN1CCC1. The molecule has 2 aliphatic heterocycles. The smallest absolute Gasteiger partial charge is 0.261 e. The van der Waals surface area contributed by atoms with E-state index in [0.29, 0.717) is 24.7 Å². The predicted octanol–water partition coefficient (Wildman–Crippen LogP) is 8.46. The Morgan fingerprint density at radius 3 is 2.38 bits per heavy atom. The van der Waals surface area contributed by atoms with Gasteiger partial charge >= 0.3 is 0 Å². The van der Waals surface area contributed by atoms with E-state index < -0.39 is 5.92 Å². The fraction of sp³-hybridized carbons (Fsp3) is 0.412. The third kappa shape index (κ3) is 6.76. The third-order valence-corrected chi connectivity index (χ3v) is 8.68. The van der Waals surface area contributed by atoms with Gasteiger partial charge in [-0.2, -0.15) is 0 Å². The topological polar surface area (TPSA) is 15.7 Å². The van der Waals surface area contributed by atoms with E-state index in [2.05, 4.69) is 86.4 Å². The number of ether oxygens (including phenoxy) is 1. The number of likely N-dealkylation sites (tertiary alicyclic amines) is 2. The van der Waals surface area contributed by atoms with Crippen molar-refractivity contribution in [3.8, 4) is 16.9 Å². The molecule has 2 aliphatic rings. The summed E-state index contributed by atoms with van der Waals surface area (Å²) >= 11 is 6.63. The first kappa shape index (κ1) is 28.8. The molecule has 0 bridgehead atoms. The second kappa shape index (κ2) is 12.4. The second-order valence-corrected chi connectivity index (χ2v) is 11.7. The first-order valence-corrected chi connectivity index (χ1v) is 14.7. The van der Waals surface area contributed by atoms with Crippen LogP contribution >= 0.6 is 11.6 Å². The zero-order chi connectivity index (χ0) is 28.3. The Balaban J connectivity index is 1.26. The van der Waals surface area contributed by atoms with Gasteiger partial charge in [-0.05, 0) is 103 Å². The van der Waals surface area contributed by atoms with Crippen molar-refractivity contribution in [3.05, 3.63) is 93.0 Å². The molecule has 0 aromatic heterocycles. The summed E-state index contributed by atoms with van der Waals surface area (Å²) in [6, 6.07) is 16.8. The van der Waals surface area contributed by atoms with Crippen molar-refractivity contribution in [1.29, 1.82) is 0 Å². The summed E-state index contributed by atoms with van der Waals surface area (Å²) in [5.41, 5.74) is 9.48. The van der Waals surface area contributed by atoms with Crippen LogP contribution in [-0.4, -0.2) is 48.4 Å². The van der Waals surface area contributed by atoms with E-state index in [1.54, 1.807) is 0 Å². The molecule has 0 unspecified atom stereocenters. The van der Waals surface area contributed by atoms with Gasteiger partial charge in [0.2, 0.25) is 0 Å². The summed E-state index contributed by atoms with van der Waals surface area (Å²) in [4.78, 5) is 4.28. The fourth-order valence-electron chi connectivity index (χ4n) is 5.64. The fourth-order valence-corrected chi connectivity index (χ4v) is 5.88. The molecular weight excluding hydrogens is 526 g/mol. The van der Waals surface area contributed by atoms with Crippen LogP contribution in [0, 0.1) is 20.8 Å². The van der Waals surface area contributed by atoms with E-state index in [1.165, 1.54) is 39.8 Å². The van der Waals surface area contributed by atoms with Gasteiger partial charge in [0.25, 0.3) is 5.92 Å². The van der Waals surface area contributed by atoms with E-state index >= 15 is 0 Å². The summed E-state index contributed by atoms with van der Waals surface area (Å²) in [6.07, 6.45) is 6.22. The average Bonchev–Trinajstić information content (AvgIpc) is 3.25. The van der Waals surface area contributed by atoms with Gasteiger partial charge in [0.05, 0.1) is 11.6 Å². The lowest BCUT2D eigenvalue weighted by Crippen LogP contribution is -2.36. The normalized spacial score (nSPS) is 17.4. The molecule has 6 heteroatoms. The largest absolute Gasteiger partial charge is 0.487 e. The molecule has 40 heavy (non-hydrogen) atoms. The Morgan fingerprint density at radius 1 is 0.925 bits per heavy atom. The number of hydrogen-bond donors (Lipinski definition) is 0. The van der Waals surface area contributed by atoms with Gasteiger partial charge in [-0.15, -0.1) is 0 Å². The molecule has 2 heterocycles. The molecule has 0 radical (unpaired) electrons. The molecule has 0 aliphatic carbocycles. The molecule has 0 N–H and O–H groups in total. The highest BCUT2D eigenvalue weighted by molar-refractivity contribution is 6.32. The molecule has 2 saturated heterocycles. The minimum Gasteiger partial charge on any atom is -0.487 e. The van der Waals surface area contributed by atoms with Crippen molar-refractivity contribution in [3.63, 3.8) is 0 Å². The van der Waals surface area contributed by atoms with E-state index in [4.69, 9.17) is 16.3 Å². The number of benzene rings is 3. The van der Waals surface area contributed by atoms with Crippen molar-refractivity contribution >= 4 is 17.7 Å². The van der Waals surface area contributed by atoms with Crippen LogP contribution in [0.15, 0.2) is 54.6 Å². The standard InChI is InChI=1S/C34H39ClF2N2O/c1-24-19-33(32(35)20-29(24)21-38-16-8-17-38)40-22-28-11-7-13-31(26(28)3)30-12-6-10-27(25(30)2)9-4-5-15-39-18-14-34(36,37)23-39/h4,6-7,9-13,19-20H,5,8,14-18,21-23H2,1-3H3/b9-4+. The van der Waals surface area contributed by atoms with Crippen LogP contribution in [-0.2, 0) is 13.2 Å². The minimum atomic E-state index is -2.53. The molecule has 0 atom stereocenters. The van der Waals surface area contributed by atoms with Crippen LogP contribution in [0.25, 0.3) is 17.2 Å². The van der Waals surface area contributed by atoms with Gasteiger partial charge in [-0.1, -0.05) is 60.2 Å². The second-order valence-electron chi connectivity index (χ2n) is 11.3. The Morgan fingerprint density at radius 2 is 1.68 bits per heavy atom. The summed E-state index contributed by atoms with van der Waals surface area (Å²) in [5.74, 6) is -1.81. The van der Waals surface area contributed by atoms with Gasteiger partial charge in [-0.25, -0.2) is 8.78 Å². The highest BCUT2D eigenvalue weighted by Crippen LogP contribution is 2.33. The maximum Gasteiger partial charge on any atom is 0.261 e. The average molecular weight is 565 g/mol. The third-order valence-electron chi connectivity index (χ3n) is 8.39. The van der Waals surface area contributed by atoms with Crippen molar-refractivity contribution < 1.29 is 13.5 Å². The van der Waals surface area contributed by atoms with Crippen LogP contribution in [0.1, 0.15) is 52.6 Å². The van der Waals surface area contributed by atoms with Crippen LogP contribution in [0.2, 0.25) is 5.02 Å². The molecule has 3 aromatic rings. The summed E-state index contributed by atoms with van der Waals surface area (Å²) in [5, 5.41) is 0.656. The highest BCUT2D eigenvalue weighted by atomic mass is 35.5. The first-order valence-electron chi connectivity index (χ1n) is 14.3. The van der Waals surface area contributed by atoms with Gasteiger partial charge in [-0.3, -0.25) is 9.80 Å². The van der Waals surface area contributed by atoms with Crippen molar-refractivity contribution in [2.45, 2.75) is 59.1 Å². The maximum absolute atomic E-state index is 13.4. The number of rotatable bonds is 10. The molecule has 0 saturated carbocycles. The highest BCUT2D eigenvalue weighted by Gasteiger charge is 2.37. The number of alkyl halides is 2. The maximum atomic E-state index is 13.4. The van der Waals surface area contributed by atoms with Crippen molar-refractivity contribution in [2.24, 2.45) is 0 Å². The molecule has 3 nitrogen and oxygen atoms in total. The lowest BCUT2D eigenvalue weighted by Gasteiger charge is -2.31. The zero-order valence-electron chi connectivity index (χ0n) is 23.8. The first-order chi connectivity index (χ1) is 19.2. The molecule has 0 spiro atoms. The summed E-state index contributed by atoms with van der Waals surface area (Å²) in [7, 11) is 0. The molecule has 0 amide bonds. The Labute approximate surface area is 242 Å². The summed E-state index contributed by atoms with van der Waals surface area (Å²) < 4.78 is 33.1. The van der Waals surface area contributed by atoms with E-state index in [0.717, 1.165) is 42.9 Å². The molecule has 3 aromatic carbocycles. The van der Waals surface area contributed by atoms with Crippen LogP contribution in [0.3, 0.4) is 0 Å². The Hall–Kier alpha value is -2.73. The van der Waals surface area contributed by atoms with Crippen LogP contribution in [0.4, 0.5) is 8.78 Å². The monoisotopic (exact) mass is 564 g/mol. The number of aryl methyl sites for hydroxylation is 1. The zero-order valence-corrected chi connectivity index (χ0v) is 24.5. The van der Waals surface area contributed by atoms with Crippen molar-refractivity contribution in [1.82, 2.24) is 9.80 Å². The summed E-state index contributed by atoms with van der Waals surface area (Å²) in [6.45, 7) is 11.1. The van der Waals surface area contributed by atoms with Gasteiger partial charge in [0.15, 0.2) is 0 Å². The number of nitrogens with zero attached hydrogens (tertiary/aromatic N) is 2.